The van der Waals surface area contributed by atoms with Gasteiger partial charge in [0.15, 0.2) is 5.69 Å². The van der Waals surface area contributed by atoms with E-state index >= 15 is 0 Å². The molecule has 0 bridgehead atoms. The van der Waals surface area contributed by atoms with Gasteiger partial charge in [-0.2, -0.15) is 5.10 Å². The Kier molecular flexibility index (Phi) is 2.49. The fourth-order valence-electron chi connectivity index (χ4n) is 1.96. The summed E-state index contributed by atoms with van der Waals surface area (Å²) in [5.74, 6) is -1.12. The Morgan fingerprint density at radius 2 is 2.00 bits per heavy atom. The lowest BCUT2D eigenvalue weighted by Gasteiger charge is -2.08. The first-order valence-corrected chi connectivity index (χ1v) is 5.68. The number of carboxylic acids is 1. The van der Waals surface area contributed by atoms with Crippen molar-refractivity contribution in [3.63, 3.8) is 0 Å². The summed E-state index contributed by atoms with van der Waals surface area (Å²) in [7, 11) is 0. The number of rotatable bonds is 2. The number of aromatic carboxylic acids is 1. The van der Waals surface area contributed by atoms with E-state index < -0.39 is 5.97 Å². The molecule has 0 amide bonds. The molecule has 0 aliphatic heterocycles. The molecule has 0 fully saturated rings. The average Bonchev–Trinajstić information content (AvgIpc) is 2.83. The number of aromatic nitrogens is 4. The van der Waals surface area contributed by atoms with E-state index in [0.717, 1.165) is 5.69 Å². The van der Waals surface area contributed by atoms with E-state index in [9.17, 15) is 9.90 Å². The number of benzene rings is 1. The Balaban J connectivity index is 2.41. The standard InChI is InChI=1S/C13H10N4O2/c1-8-6-7-17(16-8)12-9-4-2-3-5-10(9)14-15-11(12)13(18)19/h2-7H,1H3,(H,18,19). The van der Waals surface area contributed by atoms with Gasteiger partial charge in [-0.1, -0.05) is 18.2 Å². The summed E-state index contributed by atoms with van der Waals surface area (Å²) in [5.41, 5.74) is 1.76. The van der Waals surface area contributed by atoms with E-state index in [1.165, 1.54) is 4.68 Å². The van der Waals surface area contributed by atoms with Crippen LogP contribution in [0.1, 0.15) is 16.2 Å². The number of carbonyl (C=O) groups is 1. The summed E-state index contributed by atoms with van der Waals surface area (Å²) in [5, 5.41) is 21.9. The highest BCUT2D eigenvalue weighted by molar-refractivity contribution is 5.98. The van der Waals surface area contributed by atoms with Gasteiger partial charge in [-0.3, -0.25) is 0 Å². The van der Waals surface area contributed by atoms with Crippen LogP contribution >= 0.6 is 0 Å². The highest BCUT2D eigenvalue weighted by atomic mass is 16.4. The van der Waals surface area contributed by atoms with E-state index in [-0.39, 0.29) is 5.69 Å². The molecular formula is C13H10N4O2. The molecule has 1 N–H and O–H groups in total. The normalized spacial score (nSPS) is 10.8. The van der Waals surface area contributed by atoms with Crippen LogP contribution in [0.25, 0.3) is 16.6 Å². The Bertz CT molecular complexity index is 779. The largest absolute Gasteiger partial charge is 0.476 e. The lowest BCUT2D eigenvalue weighted by atomic mass is 10.1. The van der Waals surface area contributed by atoms with Crippen molar-refractivity contribution < 1.29 is 9.90 Å². The number of hydrogen-bond acceptors (Lipinski definition) is 4. The summed E-state index contributed by atoms with van der Waals surface area (Å²) in [4.78, 5) is 11.3. The molecule has 6 nitrogen and oxygen atoms in total. The van der Waals surface area contributed by atoms with Crippen molar-refractivity contribution in [2.75, 3.05) is 0 Å². The van der Waals surface area contributed by atoms with Crippen LogP contribution in [0.4, 0.5) is 0 Å². The maximum Gasteiger partial charge on any atom is 0.358 e. The Morgan fingerprint density at radius 1 is 1.21 bits per heavy atom. The first-order chi connectivity index (χ1) is 9.16. The van der Waals surface area contributed by atoms with Crippen LogP contribution in [0.2, 0.25) is 0 Å². The molecule has 0 aliphatic rings. The smallest absolute Gasteiger partial charge is 0.358 e. The second kappa shape index (κ2) is 4.16. The quantitative estimate of drug-likeness (QED) is 0.754. The molecule has 2 heterocycles. The SMILES string of the molecule is Cc1ccn(-c2c(C(=O)O)nnc3ccccc23)n1. The van der Waals surface area contributed by atoms with E-state index in [4.69, 9.17) is 0 Å². The summed E-state index contributed by atoms with van der Waals surface area (Å²) in [6.07, 6.45) is 1.71. The summed E-state index contributed by atoms with van der Waals surface area (Å²) in [6.45, 7) is 1.84. The maximum absolute atomic E-state index is 11.3. The van der Waals surface area contributed by atoms with Crippen molar-refractivity contribution in [1.29, 1.82) is 0 Å². The first kappa shape index (κ1) is 11.3. The summed E-state index contributed by atoms with van der Waals surface area (Å²) < 4.78 is 1.52. The van der Waals surface area contributed by atoms with Crippen molar-refractivity contribution >= 4 is 16.9 Å². The average molecular weight is 254 g/mol. The fourth-order valence-corrected chi connectivity index (χ4v) is 1.96. The molecule has 0 saturated carbocycles. The maximum atomic E-state index is 11.3. The number of aryl methyl sites for hydroxylation is 1. The highest BCUT2D eigenvalue weighted by Crippen LogP contribution is 2.22. The number of hydrogen-bond donors (Lipinski definition) is 1. The van der Waals surface area contributed by atoms with Crippen LogP contribution in [0.5, 0.6) is 0 Å². The molecule has 3 rings (SSSR count). The van der Waals surface area contributed by atoms with Crippen LogP contribution in [-0.2, 0) is 0 Å². The molecule has 94 valence electrons. The van der Waals surface area contributed by atoms with Gasteiger partial charge >= 0.3 is 5.97 Å². The van der Waals surface area contributed by atoms with Gasteiger partial charge in [0.05, 0.1) is 11.2 Å². The number of carboxylic acid groups (broad SMARTS) is 1. The van der Waals surface area contributed by atoms with Gasteiger partial charge in [-0.05, 0) is 19.1 Å². The third kappa shape index (κ3) is 1.83. The minimum Gasteiger partial charge on any atom is -0.476 e. The van der Waals surface area contributed by atoms with Crippen LogP contribution in [-0.4, -0.2) is 31.1 Å². The van der Waals surface area contributed by atoms with E-state index in [1.807, 2.05) is 25.1 Å². The molecule has 0 saturated heterocycles. The lowest BCUT2D eigenvalue weighted by molar-refractivity contribution is 0.0689. The van der Waals surface area contributed by atoms with Gasteiger partial charge in [0.1, 0.15) is 5.69 Å². The van der Waals surface area contributed by atoms with Gasteiger partial charge in [0, 0.05) is 11.6 Å². The minimum absolute atomic E-state index is 0.109. The second-order valence-electron chi connectivity index (χ2n) is 4.12. The van der Waals surface area contributed by atoms with Crippen LogP contribution in [0.3, 0.4) is 0 Å². The predicted octanol–water partition coefficient (Wildman–Crippen LogP) is 1.82. The number of fused-ring (bicyclic) bond motifs is 1. The Labute approximate surface area is 108 Å². The molecule has 1 aromatic carbocycles. The summed E-state index contributed by atoms with van der Waals surface area (Å²) in [6, 6.07) is 9.06. The van der Waals surface area contributed by atoms with Gasteiger partial charge in [-0.25, -0.2) is 9.48 Å². The Hall–Kier alpha value is -2.76. The molecule has 0 aliphatic carbocycles. The van der Waals surface area contributed by atoms with E-state index in [1.54, 1.807) is 18.3 Å². The van der Waals surface area contributed by atoms with Crippen LogP contribution < -0.4 is 0 Å². The van der Waals surface area contributed by atoms with Crippen molar-refractivity contribution in [3.05, 3.63) is 47.9 Å². The van der Waals surface area contributed by atoms with Crippen molar-refractivity contribution in [1.82, 2.24) is 20.0 Å². The van der Waals surface area contributed by atoms with E-state index in [2.05, 4.69) is 15.3 Å². The fraction of sp³-hybridized carbons (Fsp3) is 0.0769. The molecule has 19 heavy (non-hydrogen) atoms. The second-order valence-corrected chi connectivity index (χ2v) is 4.12. The third-order valence-electron chi connectivity index (χ3n) is 2.80. The predicted molar refractivity (Wildman–Crippen MR) is 68.4 cm³/mol. The molecule has 0 spiro atoms. The van der Waals surface area contributed by atoms with Gasteiger partial charge in [0.25, 0.3) is 0 Å². The Morgan fingerprint density at radius 3 is 2.68 bits per heavy atom. The lowest BCUT2D eigenvalue weighted by Crippen LogP contribution is -2.11. The van der Waals surface area contributed by atoms with Gasteiger partial charge < -0.3 is 5.11 Å². The molecular weight excluding hydrogens is 244 g/mol. The molecule has 2 aromatic heterocycles. The molecule has 0 unspecified atom stereocenters. The first-order valence-electron chi connectivity index (χ1n) is 5.68. The van der Waals surface area contributed by atoms with Crippen LogP contribution in [0, 0.1) is 6.92 Å². The minimum atomic E-state index is -1.12. The zero-order chi connectivity index (χ0) is 13.4. The molecule has 6 heteroatoms. The molecule has 0 radical (unpaired) electrons. The van der Waals surface area contributed by atoms with Crippen molar-refractivity contribution in [2.24, 2.45) is 0 Å². The summed E-state index contributed by atoms with van der Waals surface area (Å²) >= 11 is 0. The topological polar surface area (TPSA) is 80.9 Å². The van der Waals surface area contributed by atoms with Gasteiger partial charge in [-0.15, -0.1) is 10.2 Å². The number of nitrogens with zero attached hydrogens (tertiary/aromatic N) is 4. The molecule has 3 aromatic rings. The van der Waals surface area contributed by atoms with Crippen molar-refractivity contribution in [3.8, 4) is 5.69 Å². The monoisotopic (exact) mass is 254 g/mol. The third-order valence-corrected chi connectivity index (χ3v) is 2.80. The zero-order valence-corrected chi connectivity index (χ0v) is 10.1. The highest BCUT2D eigenvalue weighted by Gasteiger charge is 2.18. The van der Waals surface area contributed by atoms with Crippen molar-refractivity contribution in [2.45, 2.75) is 6.92 Å². The van der Waals surface area contributed by atoms with Crippen LogP contribution in [0.15, 0.2) is 36.5 Å². The zero-order valence-electron chi connectivity index (χ0n) is 10.1. The van der Waals surface area contributed by atoms with E-state index in [0.29, 0.717) is 16.6 Å². The molecule has 0 atom stereocenters. The van der Waals surface area contributed by atoms with Gasteiger partial charge in [0.2, 0.25) is 0 Å².